The molecule has 1 unspecified atom stereocenters. The Hall–Kier alpha value is -0.650. The molecule has 1 saturated heterocycles. The van der Waals surface area contributed by atoms with Gasteiger partial charge in [-0.1, -0.05) is 13.8 Å². The zero-order chi connectivity index (χ0) is 14.0. The number of esters is 1. The van der Waals surface area contributed by atoms with E-state index >= 15 is 0 Å². The SMILES string of the molecule is COC(=O)[C@](N)(CC(C)C)CC1COC(C)(C)O1. The molecule has 0 aromatic carbocycles. The fourth-order valence-corrected chi connectivity index (χ4v) is 2.45. The first-order valence-electron chi connectivity index (χ1n) is 6.37. The van der Waals surface area contributed by atoms with Crippen molar-refractivity contribution in [1.29, 1.82) is 0 Å². The number of rotatable bonds is 5. The van der Waals surface area contributed by atoms with Gasteiger partial charge in [0, 0.05) is 6.42 Å². The van der Waals surface area contributed by atoms with Crippen LogP contribution in [0.4, 0.5) is 0 Å². The van der Waals surface area contributed by atoms with Gasteiger partial charge >= 0.3 is 5.97 Å². The summed E-state index contributed by atoms with van der Waals surface area (Å²) in [5.74, 6) is -0.673. The lowest BCUT2D eigenvalue weighted by molar-refractivity contribution is -0.154. The molecule has 1 fully saturated rings. The molecule has 5 heteroatoms. The summed E-state index contributed by atoms with van der Waals surface area (Å²) in [5, 5.41) is 0. The Bertz CT molecular complexity index is 303. The Labute approximate surface area is 109 Å². The number of hydrogen-bond donors (Lipinski definition) is 1. The highest BCUT2D eigenvalue weighted by Gasteiger charge is 2.42. The van der Waals surface area contributed by atoms with E-state index in [0.29, 0.717) is 25.4 Å². The van der Waals surface area contributed by atoms with Crippen LogP contribution < -0.4 is 5.73 Å². The monoisotopic (exact) mass is 259 g/mol. The zero-order valence-corrected chi connectivity index (χ0v) is 12.0. The number of carbonyl (C=O) groups is 1. The van der Waals surface area contributed by atoms with Crippen LogP contribution in [-0.4, -0.2) is 37.1 Å². The van der Waals surface area contributed by atoms with Crippen molar-refractivity contribution in [3.63, 3.8) is 0 Å². The largest absolute Gasteiger partial charge is 0.468 e. The van der Waals surface area contributed by atoms with Crippen LogP contribution in [0.5, 0.6) is 0 Å². The van der Waals surface area contributed by atoms with Gasteiger partial charge in [0.1, 0.15) is 5.54 Å². The molecular formula is C13H25NO4. The van der Waals surface area contributed by atoms with Crippen LogP contribution >= 0.6 is 0 Å². The average molecular weight is 259 g/mol. The number of ether oxygens (including phenoxy) is 3. The molecule has 0 aromatic rings. The summed E-state index contributed by atoms with van der Waals surface area (Å²) < 4.78 is 16.0. The predicted molar refractivity (Wildman–Crippen MR) is 67.9 cm³/mol. The quantitative estimate of drug-likeness (QED) is 0.757. The van der Waals surface area contributed by atoms with Crippen LogP contribution in [0.15, 0.2) is 0 Å². The van der Waals surface area contributed by atoms with Crippen LogP contribution in [-0.2, 0) is 19.0 Å². The summed E-state index contributed by atoms with van der Waals surface area (Å²) in [6.45, 7) is 8.22. The van der Waals surface area contributed by atoms with Gasteiger partial charge in [0.15, 0.2) is 5.79 Å². The number of nitrogens with two attached hydrogens (primary N) is 1. The first-order chi connectivity index (χ1) is 8.18. The number of methoxy groups -OCH3 is 1. The minimum atomic E-state index is -1.00. The van der Waals surface area contributed by atoms with Crippen LogP contribution in [0.1, 0.15) is 40.5 Å². The highest BCUT2D eigenvalue weighted by molar-refractivity contribution is 5.80. The fraction of sp³-hybridized carbons (Fsp3) is 0.923. The van der Waals surface area contributed by atoms with Crippen molar-refractivity contribution in [2.45, 2.75) is 58.0 Å². The van der Waals surface area contributed by atoms with Gasteiger partial charge < -0.3 is 19.9 Å². The Morgan fingerprint density at radius 1 is 1.56 bits per heavy atom. The maximum atomic E-state index is 11.9. The zero-order valence-electron chi connectivity index (χ0n) is 12.0. The molecule has 0 bridgehead atoms. The van der Waals surface area contributed by atoms with Crippen molar-refractivity contribution >= 4 is 5.97 Å². The molecule has 0 spiro atoms. The van der Waals surface area contributed by atoms with Crippen molar-refractivity contribution in [1.82, 2.24) is 0 Å². The molecule has 0 aliphatic carbocycles. The second-order valence-electron chi connectivity index (χ2n) is 5.90. The maximum Gasteiger partial charge on any atom is 0.325 e. The molecule has 2 N–H and O–H groups in total. The average Bonchev–Trinajstić information content (AvgIpc) is 2.55. The minimum absolute atomic E-state index is 0.164. The van der Waals surface area contributed by atoms with E-state index in [1.807, 2.05) is 27.7 Å². The second-order valence-corrected chi connectivity index (χ2v) is 5.90. The predicted octanol–water partition coefficient (Wildman–Crippen LogP) is 1.44. The summed E-state index contributed by atoms with van der Waals surface area (Å²) in [5.41, 5.74) is 5.21. The molecule has 18 heavy (non-hydrogen) atoms. The third kappa shape index (κ3) is 3.93. The van der Waals surface area contributed by atoms with Gasteiger partial charge in [0.2, 0.25) is 0 Å². The lowest BCUT2D eigenvalue weighted by atomic mass is 9.85. The van der Waals surface area contributed by atoms with Gasteiger partial charge in [-0.05, 0) is 26.2 Å². The molecule has 2 atom stereocenters. The molecule has 0 saturated carbocycles. The van der Waals surface area contributed by atoms with Gasteiger partial charge in [-0.25, -0.2) is 0 Å². The summed E-state index contributed by atoms with van der Waals surface area (Å²) in [7, 11) is 1.36. The lowest BCUT2D eigenvalue weighted by Crippen LogP contribution is -2.52. The molecule has 106 valence electrons. The highest BCUT2D eigenvalue weighted by Crippen LogP contribution is 2.30. The third-order valence-corrected chi connectivity index (χ3v) is 3.02. The summed E-state index contributed by atoms with van der Waals surface area (Å²) in [6, 6.07) is 0. The van der Waals surface area contributed by atoms with E-state index in [0.717, 1.165) is 0 Å². The molecule has 1 aliphatic heterocycles. The first-order valence-corrected chi connectivity index (χ1v) is 6.37. The Morgan fingerprint density at radius 2 is 2.17 bits per heavy atom. The van der Waals surface area contributed by atoms with Crippen molar-refractivity contribution in [2.24, 2.45) is 11.7 Å². The van der Waals surface area contributed by atoms with Crippen LogP contribution in [0, 0.1) is 5.92 Å². The van der Waals surface area contributed by atoms with Crippen LogP contribution in [0.25, 0.3) is 0 Å². The van der Waals surface area contributed by atoms with Crippen LogP contribution in [0.3, 0.4) is 0 Å². The standard InChI is InChI=1S/C13H25NO4/c1-9(2)6-13(14,11(15)16-5)7-10-8-17-12(3,4)18-10/h9-10H,6-8,14H2,1-5H3/t10?,13-/m0/s1. The van der Waals surface area contributed by atoms with Gasteiger partial charge in [-0.15, -0.1) is 0 Å². The molecule has 5 nitrogen and oxygen atoms in total. The third-order valence-electron chi connectivity index (χ3n) is 3.02. The smallest absolute Gasteiger partial charge is 0.325 e. The summed E-state index contributed by atoms with van der Waals surface area (Å²) >= 11 is 0. The Morgan fingerprint density at radius 3 is 2.56 bits per heavy atom. The number of hydrogen-bond acceptors (Lipinski definition) is 5. The Kier molecular flexibility index (Phi) is 4.75. The molecule has 0 radical (unpaired) electrons. The second kappa shape index (κ2) is 5.55. The van der Waals surface area contributed by atoms with E-state index in [1.54, 1.807) is 0 Å². The number of carbonyl (C=O) groups excluding carboxylic acids is 1. The van der Waals surface area contributed by atoms with E-state index in [4.69, 9.17) is 19.9 Å². The normalized spacial score (nSPS) is 26.1. The maximum absolute atomic E-state index is 11.9. The van der Waals surface area contributed by atoms with E-state index < -0.39 is 11.3 Å². The first kappa shape index (κ1) is 15.4. The molecule has 1 rings (SSSR count). The molecular weight excluding hydrogens is 234 g/mol. The van der Waals surface area contributed by atoms with Gasteiger partial charge in [-0.3, -0.25) is 4.79 Å². The van der Waals surface area contributed by atoms with Crippen LogP contribution in [0.2, 0.25) is 0 Å². The van der Waals surface area contributed by atoms with E-state index in [1.165, 1.54) is 7.11 Å². The van der Waals surface area contributed by atoms with Crippen molar-refractivity contribution in [3.05, 3.63) is 0 Å². The minimum Gasteiger partial charge on any atom is -0.468 e. The van der Waals surface area contributed by atoms with E-state index in [2.05, 4.69) is 0 Å². The van der Waals surface area contributed by atoms with E-state index in [-0.39, 0.29) is 12.1 Å². The molecule has 1 heterocycles. The van der Waals surface area contributed by atoms with Crippen molar-refractivity contribution in [2.75, 3.05) is 13.7 Å². The molecule has 0 amide bonds. The van der Waals surface area contributed by atoms with Crippen molar-refractivity contribution in [3.8, 4) is 0 Å². The molecule has 0 aromatic heterocycles. The topological polar surface area (TPSA) is 70.8 Å². The summed E-state index contributed by atoms with van der Waals surface area (Å²) in [6.07, 6.45) is 0.823. The summed E-state index contributed by atoms with van der Waals surface area (Å²) in [4.78, 5) is 11.9. The van der Waals surface area contributed by atoms with E-state index in [9.17, 15) is 4.79 Å². The fourth-order valence-electron chi connectivity index (χ4n) is 2.45. The Balaban J connectivity index is 2.70. The molecule has 1 aliphatic rings. The highest BCUT2D eigenvalue weighted by atomic mass is 16.7. The van der Waals surface area contributed by atoms with Gasteiger partial charge in [-0.2, -0.15) is 0 Å². The lowest BCUT2D eigenvalue weighted by Gasteiger charge is -2.30. The van der Waals surface area contributed by atoms with Gasteiger partial charge in [0.25, 0.3) is 0 Å². The van der Waals surface area contributed by atoms with Gasteiger partial charge in [0.05, 0.1) is 19.8 Å². The van der Waals surface area contributed by atoms with Crippen molar-refractivity contribution < 1.29 is 19.0 Å².